The Hall–Kier alpha value is -2.97. The number of hydrogen-bond acceptors (Lipinski definition) is 6. The second kappa shape index (κ2) is 9.67. The quantitative estimate of drug-likeness (QED) is 0.273. The minimum Gasteiger partial charge on any atom is -0.316 e. The second-order valence-corrected chi connectivity index (χ2v) is 8.74. The normalized spacial score (nSPS) is 11.3. The summed E-state index contributed by atoms with van der Waals surface area (Å²) in [5.41, 5.74) is 0.324. The fourth-order valence-corrected chi connectivity index (χ4v) is 4.68. The molecule has 32 heavy (non-hydrogen) atoms. The summed E-state index contributed by atoms with van der Waals surface area (Å²) in [6.07, 6.45) is -4.08. The molecule has 0 aliphatic carbocycles. The largest absolute Gasteiger partial charge is 0.433 e. The van der Waals surface area contributed by atoms with Crippen LogP contribution >= 0.6 is 23.1 Å². The zero-order valence-corrected chi connectivity index (χ0v) is 18.5. The average Bonchev–Trinajstić information content (AvgIpc) is 3.05. The lowest BCUT2D eigenvalue weighted by atomic mass is 10.1. The molecule has 0 saturated heterocycles. The number of nitriles is 1. The summed E-state index contributed by atoms with van der Waals surface area (Å²) >= 11 is 2.01. The second-order valence-electron chi connectivity index (χ2n) is 6.57. The summed E-state index contributed by atoms with van der Waals surface area (Å²) in [6, 6.07) is 7.71. The number of aromatic nitrogens is 2. The first-order valence-corrected chi connectivity index (χ1v) is 11.1. The molecule has 0 bridgehead atoms. The first-order chi connectivity index (χ1) is 15.1. The van der Waals surface area contributed by atoms with E-state index in [1.165, 1.54) is 23.5 Å². The highest BCUT2D eigenvalue weighted by Crippen LogP contribution is 2.34. The minimum absolute atomic E-state index is 0.0385. The van der Waals surface area contributed by atoms with E-state index >= 15 is 0 Å². The Labute approximate surface area is 189 Å². The Morgan fingerprint density at radius 1 is 1.25 bits per heavy atom. The molecule has 166 valence electrons. The van der Waals surface area contributed by atoms with Gasteiger partial charge in [-0.1, -0.05) is 18.7 Å². The van der Waals surface area contributed by atoms with Crippen molar-refractivity contribution >= 4 is 34.0 Å². The molecule has 11 heteroatoms. The van der Waals surface area contributed by atoms with Crippen molar-refractivity contribution in [3.05, 3.63) is 57.8 Å². The number of anilines is 1. The molecule has 0 aliphatic heterocycles. The molecule has 0 atom stereocenters. The summed E-state index contributed by atoms with van der Waals surface area (Å²) in [5.74, 6) is -1.29. The van der Waals surface area contributed by atoms with E-state index in [-0.39, 0.29) is 22.2 Å². The predicted molar refractivity (Wildman–Crippen MR) is 115 cm³/mol. The van der Waals surface area contributed by atoms with Crippen LogP contribution in [-0.2, 0) is 17.4 Å². The molecule has 2 aromatic heterocycles. The maximum absolute atomic E-state index is 13.3. The molecular formula is C21H16F4N4OS2. The number of thiophene rings is 1. The lowest BCUT2D eigenvalue weighted by Crippen LogP contribution is -2.15. The van der Waals surface area contributed by atoms with Gasteiger partial charge in [0.1, 0.15) is 22.6 Å². The van der Waals surface area contributed by atoms with Crippen molar-refractivity contribution in [1.82, 2.24) is 9.97 Å². The number of benzene rings is 1. The average molecular weight is 481 g/mol. The highest BCUT2D eigenvalue weighted by Gasteiger charge is 2.34. The van der Waals surface area contributed by atoms with Crippen molar-refractivity contribution in [3.8, 4) is 17.3 Å². The molecule has 0 fully saturated rings. The van der Waals surface area contributed by atoms with Gasteiger partial charge in [0.2, 0.25) is 5.91 Å². The molecular weight excluding hydrogens is 464 g/mol. The van der Waals surface area contributed by atoms with Gasteiger partial charge < -0.3 is 5.32 Å². The topological polar surface area (TPSA) is 78.7 Å². The van der Waals surface area contributed by atoms with Crippen molar-refractivity contribution in [1.29, 1.82) is 5.26 Å². The summed E-state index contributed by atoms with van der Waals surface area (Å²) in [7, 11) is 0. The van der Waals surface area contributed by atoms with Crippen LogP contribution in [0.2, 0.25) is 0 Å². The number of alkyl halides is 3. The van der Waals surface area contributed by atoms with E-state index in [0.717, 1.165) is 40.4 Å². The van der Waals surface area contributed by atoms with Gasteiger partial charge in [-0.05, 0) is 49.2 Å². The van der Waals surface area contributed by atoms with Crippen molar-refractivity contribution < 1.29 is 22.4 Å². The number of amides is 1. The van der Waals surface area contributed by atoms with Crippen LogP contribution in [0.5, 0.6) is 0 Å². The Kier molecular flexibility index (Phi) is 7.16. The van der Waals surface area contributed by atoms with E-state index in [0.29, 0.717) is 17.0 Å². The number of rotatable bonds is 6. The van der Waals surface area contributed by atoms with Gasteiger partial charge in [0.15, 0.2) is 5.16 Å². The number of carbonyl (C=O) groups is 1. The van der Waals surface area contributed by atoms with Crippen LogP contribution in [0, 0.1) is 24.1 Å². The minimum atomic E-state index is -4.72. The van der Waals surface area contributed by atoms with Crippen LogP contribution in [0.25, 0.3) is 11.3 Å². The van der Waals surface area contributed by atoms with Gasteiger partial charge in [-0.15, -0.1) is 11.3 Å². The van der Waals surface area contributed by atoms with E-state index in [4.69, 9.17) is 0 Å². The van der Waals surface area contributed by atoms with Crippen molar-refractivity contribution in [2.75, 3.05) is 11.1 Å². The molecule has 0 spiro atoms. The van der Waals surface area contributed by atoms with Gasteiger partial charge in [-0.2, -0.15) is 18.4 Å². The van der Waals surface area contributed by atoms with E-state index < -0.39 is 23.6 Å². The van der Waals surface area contributed by atoms with Crippen molar-refractivity contribution in [3.63, 3.8) is 0 Å². The SMILES string of the molecule is CCc1c(C)sc(NC(=O)CSc2nc(-c3ccc(F)cc3)cc(C(F)(F)F)n2)c1C#N. The van der Waals surface area contributed by atoms with Gasteiger partial charge in [0, 0.05) is 10.4 Å². The van der Waals surface area contributed by atoms with E-state index in [1.54, 1.807) is 0 Å². The van der Waals surface area contributed by atoms with Crippen LogP contribution in [0.4, 0.5) is 22.6 Å². The summed E-state index contributed by atoms with van der Waals surface area (Å²) < 4.78 is 53.1. The van der Waals surface area contributed by atoms with Crippen LogP contribution in [0.3, 0.4) is 0 Å². The maximum Gasteiger partial charge on any atom is 0.433 e. The summed E-state index contributed by atoms with van der Waals surface area (Å²) in [5, 5.41) is 12.2. The maximum atomic E-state index is 13.3. The fraction of sp³-hybridized carbons (Fsp3) is 0.238. The first-order valence-electron chi connectivity index (χ1n) is 9.29. The van der Waals surface area contributed by atoms with Crippen LogP contribution < -0.4 is 5.32 Å². The molecule has 0 unspecified atom stereocenters. The van der Waals surface area contributed by atoms with Crippen molar-refractivity contribution in [2.24, 2.45) is 0 Å². The van der Waals surface area contributed by atoms with Crippen LogP contribution in [0.15, 0.2) is 35.5 Å². The van der Waals surface area contributed by atoms with Gasteiger partial charge in [0.25, 0.3) is 0 Å². The number of carbonyl (C=O) groups excluding carboxylic acids is 1. The Balaban J connectivity index is 1.81. The first kappa shape index (κ1) is 23.7. The fourth-order valence-electron chi connectivity index (χ4n) is 2.91. The third-order valence-corrected chi connectivity index (χ3v) is 6.31. The van der Waals surface area contributed by atoms with Crippen LogP contribution in [0.1, 0.15) is 28.6 Å². The smallest absolute Gasteiger partial charge is 0.316 e. The molecule has 0 radical (unpaired) electrons. The molecule has 0 saturated carbocycles. The molecule has 3 aromatic rings. The van der Waals surface area contributed by atoms with Gasteiger partial charge >= 0.3 is 6.18 Å². The Bertz CT molecular complexity index is 1180. The van der Waals surface area contributed by atoms with Gasteiger partial charge in [-0.3, -0.25) is 4.79 Å². The van der Waals surface area contributed by atoms with Crippen molar-refractivity contribution in [2.45, 2.75) is 31.6 Å². The van der Waals surface area contributed by atoms with Gasteiger partial charge in [-0.25, -0.2) is 14.4 Å². The molecule has 1 amide bonds. The number of aryl methyl sites for hydroxylation is 1. The lowest BCUT2D eigenvalue weighted by molar-refractivity contribution is -0.141. The highest BCUT2D eigenvalue weighted by atomic mass is 32.2. The molecule has 5 nitrogen and oxygen atoms in total. The number of thioether (sulfide) groups is 1. The Morgan fingerprint density at radius 2 is 1.94 bits per heavy atom. The number of nitrogens with zero attached hydrogens (tertiary/aromatic N) is 3. The van der Waals surface area contributed by atoms with E-state index in [2.05, 4.69) is 21.4 Å². The zero-order chi connectivity index (χ0) is 23.5. The predicted octanol–water partition coefficient (Wildman–Crippen LogP) is 5.84. The number of halogens is 4. The molecule has 2 heterocycles. The number of hydrogen-bond donors (Lipinski definition) is 1. The highest BCUT2D eigenvalue weighted by molar-refractivity contribution is 7.99. The summed E-state index contributed by atoms with van der Waals surface area (Å²) in [4.78, 5) is 20.9. The number of nitrogens with one attached hydrogen (secondary N) is 1. The zero-order valence-electron chi connectivity index (χ0n) is 16.9. The Morgan fingerprint density at radius 3 is 2.53 bits per heavy atom. The van der Waals surface area contributed by atoms with E-state index in [1.807, 2.05) is 13.8 Å². The van der Waals surface area contributed by atoms with Gasteiger partial charge in [0.05, 0.1) is 17.0 Å². The molecule has 1 aromatic carbocycles. The molecule has 1 N–H and O–H groups in total. The summed E-state index contributed by atoms with van der Waals surface area (Å²) in [6.45, 7) is 3.75. The molecule has 3 rings (SSSR count). The lowest BCUT2D eigenvalue weighted by Gasteiger charge is -2.10. The third kappa shape index (κ3) is 5.44. The standard InChI is InChI=1S/C21H16F4N4OS2/c1-3-14-11(2)32-19(15(14)9-26)29-18(30)10-31-20-27-16(8-17(28-20)21(23,24)25)12-4-6-13(22)7-5-12/h4-8H,3,10H2,1-2H3,(H,29,30). The van der Waals surface area contributed by atoms with Crippen LogP contribution in [-0.4, -0.2) is 21.6 Å². The monoisotopic (exact) mass is 480 g/mol. The molecule has 0 aliphatic rings. The third-order valence-electron chi connectivity index (χ3n) is 4.40. The van der Waals surface area contributed by atoms with E-state index in [9.17, 15) is 27.6 Å².